The Hall–Kier alpha value is -3.45. The highest BCUT2D eigenvalue weighted by molar-refractivity contribution is 5.98. The van der Waals surface area contributed by atoms with Crippen LogP contribution in [0.5, 0.6) is 5.75 Å². The molecule has 3 N–H and O–H groups in total. The van der Waals surface area contributed by atoms with Gasteiger partial charge in [-0.3, -0.25) is 19.2 Å². The Bertz CT molecular complexity index is 1360. The third-order valence-electron chi connectivity index (χ3n) is 7.60. The van der Waals surface area contributed by atoms with Crippen molar-refractivity contribution in [1.29, 1.82) is 0 Å². The summed E-state index contributed by atoms with van der Waals surface area (Å²) in [5.41, 5.74) is 0.192. The van der Waals surface area contributed by atoms with Gasteiger partial charge in [0.05, 0.1) is 18.1 Å². The molecule has 2 amide bonds. The minimum Gasteiger partial charge on any atom is -0.503 e. The van der Waals surface area contributed by atoms with Crippen LogP contribution in [0.4, 0.5) is 17.6 Å². The maximum absolute atomic E-state index is 14.5. The van der Waals surface area contributed by atoms with E-state index in [0.29, 0.717) is 18.6 Å². The van der Waals surface area contributed by atoms with Gasteiger partial charge in [0.15, 0.2) is 11.4 Å². The molecule has 2 aromatic rings. The van der Waals surface area contributed by atoms with Crippen molar-refractivity contribution in [1.82, 2.24) is 14.5 Å². The van der Waals surface area contributed by atoms with Crippen LogP contribution in [0.3, 0.4) is 0 Å². The summed E-state index contributed by atoms with van der Waals surface area (Å²) in [7, 11) is 0. The number of amides is 2. The van der Waals surface area contributed by atoms with Crippen LogP contribution in [-0.2, 0) is 11.4 Å². The number of halogens is 4. The van der Waals surface area contributed by atoms with Gasteiger partial charge >= 0.3 is 0 Å². The molecule has 198 valence electrons. The molecule has 3 unspecified atom stereocenters. The van der Waals surface area contributed by atoms with Crippen LogP contribution in [0.1, 0.15) is 58.6 Å². The number of carbonyl (C=O) groups excluding carboxylic acids is 2. The number of hydrogen-bond donors (Lipinski definition) is 2. The van der Waals surface area contributed by atoms with Gasteiger partial charge < -0.3 is 20.3 Å². The van der Waals surface area contributed by atoms with Crippen molar-refractivity contribution in [2.24, 2.45) is 5.73 Å². The maximum atomic E-state index is 14.5. The average molecular weight is 524 g/mol. The lowest BCUT2D eigenvalue weighted by atomic mass is 9.79. The first-order chi connectivity index (χ1) is 17.4. The second kappa shape index (κ2) is 8.55. The molecule has 1 spiro atoms. The topological polar surface area (TPSA) is 118 Å². The van der Waals surface area contributed by atoms with E-state index in [1.165, 1.54) is 16.4 Å². The average Bonchev–Trinajstić information content (AvgIpc) is 3.01. The van der Waals surface area contributed by atoms with Gasteiger partial charge in [0, 0.05) is 43.4 Å². The first-order valence-corrected chi connectivity index (χ1v) is 11.6. The third kappa shape index (κ3) is 3.79. The van der Waals surface area contributed by atoms with Gasteiger partial charge in [-0.25, -0.2) is 17.6 Å². The number of nitrogens with two attached hydrogens (primary N) is 1. The molecule has 3 atom stereocenters. The molecule has 2 bridgehead atoms. The molecule has 9 nitrogen and oxygen atoms in total. The van der Waals surface area contributed by atoms with E-state index in [1.807, 2.05) is 0 Å². The van der Waals surface area contributed by atoms with Crippen molar-refractivity contribution in [3.8, 4) is 5.75 Å². The summed E-state index contributed by atoms with van der Waals surface area (Å²) in [5.74, 6) is -6.09. The van der Waals surface area contributed by atoms with E-state index in [9.17, 15) is 37.1 Å². The van der Waals surface area contributed by atoms with E-state index in [1.54, 1.807) is 0 Å². The zero-order chi connectivity index (χ0) is 26.9. The molecule has 0 saturated carbocycles. The van der Waals surface area contributed by atoms with E-state index < -0.39 is 82.0 Å². The second-order valence-electron chi connectivity index (χ2n) is 10.1. The lowest BCUT2D eigenvalue weighted by Gasteiger charge is -2.42. The number of hydrogen-bond acceptors (Lipinski definition) is 6. The van der Waals surface area contributed by atoms with Gasteiger partial charge in [0.2, 0.25) is 5.43 Å². The molecular weight excluding hydrogens is 500 g/mol. The molecule has 2 fully saturated rings. The Morgan fingerprint density at radius 1 is 1.24 bits per heavy atom. The Labute approximate surface area is 208 Å². The first kappa shape index (κ1) is 25.2. The highest BCUT2D eigenvalue weighted by Gasteiger charge is 2.59. The van der Waals surface area contributed by atoms with Crippen LogP contribution in [-0.4, -0.2) is 62.4 Å². The highest BCUT2D eigenvalue weighted by Crippen LogP contribution is 2.51. The van der Waals surface area contributed by atoms with E-state index in [0.717, 1.165) is 11.3 Å². The lowest BCUT2D eigenvalue weighted by molar-refractivity contribution is -0.242. The predicted octanol–water partition coefficient (Wildman–Crippen LogP) is 2.17. The fourth-order valence-corrected chi connectivity index (χ4v) is 5.74. The zero-order valence-corrected chi connectivity index (χ0v) is 19.8. The number of alkyl halides is 1. The van der Waals surface area contributed by atoms with E-state index >= 15 is 0 Å². The number of nitrogens with zero attached hydrogens (tertiary/aromatic N) is 3. The van der Waals surface area contributed by atoms with Crippen LogP contribution >= 0.6 is 0 Å². The molecule has 3 aliphatic heterocycles. The van der Waals surface area contributed by atoms with Crippen molar-refractivity contribution in [3.63, 3.8) is 0 Å². The number of aromatic hydroxyl groups is 1. The highest BCUT2D eigenvalue weighted by atomic mass is 19.1. The standard InChI is InChI=1S/C24H24F4N4O5/c1-23(11-25)10-24(37-32(23)8-13-15(27)5-12(26)6-16(13)28)3-2-4-30-9-17(24)31-7-14(21(29)35)19(33)20(34)18(31)22(30)36/h5-7,17,34H,2-4,8-11H2,1H3,(H2,29,35). The van der Waals surface area contributed by atoms with Crippen LogP contribution in [0.15, 0.2) is 23.1 Å². The third-order valence-corrected chi connectivity index (χ3v) is 7.60. The molecule has 1 aromatic carbocycles. The SMILES string of the molecule is CC1(CF)CC2(CCCN3CC2n2cc(C(N)=O)c(=O)c(O)c2C3=O)ON1Cc1c(F)cc(F)cc1F. The molecular formula is C24H24F4N4O5. The van der Waals surface area contributed by atoms with Crippen molar-refractivity contribution in [2.75, 3.05) is 19.8 Å². The molecule has 5 rings (SSSR count). The number of hydroxylamine groups is 2. The molecule has 3 aliphatic rings. The summed E-state index contributed by atoms with van der Waals surface area (Å²) < 4.78 is 58.1. The minimum atomic E-state index is -1.38. The number of pyridine rings is 1. The predicted molar refractivity (Wildman–Crippen MR) is 120 cm³/mol. The molecule has 13 heteroatoms. The van der Waals surface area contributed by atoms with Crippen molar-refractivity contribution >= 4 is 11.8 Å². The monoisotopic (exact) mass is 524 g/mol. The first-order valence-electron chi connectivity index (χ1n) is 11.6. The summed E-state index contributed by atoms with van der Waals surface area (Å²) in [6.07, 6.45) is 1.77. The van der Waals surface area contributed by atoms with Crippen LogP contribution in [0.25, 0.3) is 0 Å². The summed E-state index contributed by atoms with van der Waals surface area (Å²) >= 11 is 0. The largest absolute Gasteiger partial charge is 0.503 e. The number of fused-ring (bicyclic) bond motifs is 5. The summed E-state index contributed by atoms with van der Waals surface area (Å²) in [6, 6.07) is 0.230. The van der Waals surface area contributed by atoms with Gasteiger partial charge in [0.1, 0.15) is 35.3 Å². The zero-order valence-electron chi connectivity index (χ0n) is 19.8. The Balaban J connectivity index is 1.63. The summed E-state index contributed by atoms with van der Waals surface area (Å²) in [4.78, 5) is 45.2. The van der Waals surface area contributed by atoms with E-state index in [2.05, 4.69) is 0 Å². The Kier molecular flexibility index (Phi) is 5.83. The van der Waals surface area contributed by atoms with E-state index in [-0.39, 0.29) is 31.6 Å². The number of rotatable bonds is 4. The van der Waals surface area contributed by atoms with Crippen LogP contribution < -0.4 is 11.2 Å². The summed E-state index contributed by atoms with van der Waals surface area (Å²) in [6.45, 7) is 0.297. The van der Waals surface area contributed by atoms with Crippen LogP contribution in [0.2, 0.25) is 0 Å². The normalized spacial score (nSPS) is 27.4. The van der Waals surface area contributed by atoms with Crippen molar-refractivity contribution in [2.45, 2.75) is 49.9 Å². The van der Waals surface area contributed by atoms with Crippen LogP contribution in [0, 0.1) is 17.5 Å². The molecule has 0 radical (unpaired) electrons. The molecule has 2 saturated heterocycles. The van der Waals surface area contributed by atoms with Gasteiger partial charge in [-0.05, 0) is 19.8 Å². The number of benzene rings is 1. The Morgan fingerprint density at radius 2 is 1.92 bits per heavy atom. The Morgan fingerprint density at radius 3 is 2.54 bits per heavy atom. The van der Waals surface area contributed by atoms with E-state index in [4.69, 9.17) is 10.6 Å². The van der Waals surface area contributed by atoms with Gasteiger partial charge in [0.25, 0.3) is 11.8 Å². The maximum Gasteiger partial charge on any atom is 0.274 e. The van der Waals surface area contributed by atoms with Gasteiger partial charge in [-0.15, -0.1) is 0 Å². The molecule has 4 heterocycles. The minimum absolute atomic E-state index is 0.00582. The summed E-state index contributed by atoms with van der Waals surface area (Å²) in [5, 5.41) is 11.7. The van der Waals surface area contributed by atoms with Crippen molar-refractivity contribution in [3.05, 3.63) is 62.8 Å². The lowest BCUT2D eigenvalue weighted by Crippen LogP contribution is -2.51. The smallest absolute Gasteiger partial charge is 0.274 e. The number of aromatic nitrogens is 1. The second-order valence-corrected chi connectivity index (χ2v) is 10.1. The number of carbonyl (C=O) groups is 2. The fourth-order valence-electron chi connectivity index (χ4n) is 5.74. The quantitative estimate of drug-likeness (QED) is 0.592. The van der Waals surface area contributed by atoms with Crippen molar-refractivity contribution < 1.29 is 37.1 Å². The number of primary amides is 1. The van der Waals surface area contributed by atoms with Gasteiger partial charge in [-0.1, -0.05) is 0 Å². The molecule has 1 aromatic heterocycles. The fraction of sp³-hybridized carbons (Fsp3) is 0.458. The van der Waals surface area contributed by atoms with Gasteiger partial charge in [-0.2, -0.15) is 5.06 Å². The molecule has 37 heavy (non-hydrogen) atoms. The molecule has 0 aliphatic carbocycles.